The molecule has 8 heteroatoms. The zero-order valence-corrected chi connectivity index (χ0v) is 9.29. The first-order valence-electron chi connectivity index (χ1n) is 4.57. The number of nitrogens with one attached hydrogen (secondary N) is 1. The summed E-state index contributed by atoms with van der Waals surface area (Å²) < 4.78 is 26.9. The van der Waals surface area contributed by atoms with E-state index in [9.17, 15) is 18.7 Å². The van der Waals surface area contributed by atoms with Crippen molar-refractivity contribution in [1.82, 2.24) is 10.2 Å². The number of aromatic amines is 1. The lowest BCUT2D eigenvalue weighted by Crippen LogP contribution is -1.95. The number of hydrogen-bond donors (Lipinski definition) is 3. The summed E-state index contributed by atoms with van der Waals surface area (Å²) in [5, 5.41) is 23.1. The van der Waals surface area contributed by atoms with Crippen molar-refractivity contribution in [3.05, 3.63) is 34.5 Å². The third-order valence-corrected chi connectivity index (χ3v) is 2.49. The summed E-state index contributed by atoms with van der Waals surface area (Å²) in [4.78, 5) is 10.6. The van der Waals surface area contributed by atoms with E-state index < -0.39 is 33.9 Å². The fourth-order valence-electron chi connectivity index (χ4n) is 1.38. The van der Waals surface area contributed by atoms with Gasteiger partial charge in [-0.2, -0.15) is 5.10 Å². The maximum atomic E-state index is 13.7. The number of hydrogen-bond acceptors (Lipinski definition) is 3. The van der Waals surface area contributed by atoms with E-state index in [4.69, 9.17) is 16.7 Å². The van der Waals surface area contributed by atoms with Gasteiger partial charge in [0, 0.05) is 0 Å². The number of phenols is 1. The summed E-state index contributed by atoms with van der Waals surface area (Å²) in [6.45, 7) is 0. The number of carboxylic acids is 1. The van der Waals surface area contributed by atoms with Crippen LogP contribution in [0.15, 0.2) is 12.1 Å². The molecule has 0 aliphatic heterocycles. The van der Waals surface area contributed by atoms with Crippen LogP contribution in [-0.4, -0.2) is 26.4 Å². The molecule has 0 aliphatic carbocycles. The van der Waals surface area contributed by atoms with Crippen molar-refractivity contribution in [2.45, 2.75) is 0 Å². The predicted octanol–water partition coefficient (Wildman–Crippen LogP) is 2.41. The summed E-state index contributed by atoms with van der Waals surface area (Å²) in [6.07, 6.45) is 0. The van der Waals surface area contributed by atoms with Crippen molar-refractivity contribution in [1.29, 1.82) is 0 Å². The molecule has 0 fully saturated rings. The molecule has 0 saturated heterocycles. The molecule has 0 atom stereocenters. The number of rotatable bonds is 2. The Bertz CT molecular complexity index is 616. The van der Waals surface area contributed by atoms with E-state index in [1.165, 1.54) is 0 Å². The number of benzene rings is 1. The van der Waals surface area contributed by atoms with E-state index in [2.05, 4.69) is 10.2 Å². The molecule has 0 spiro atoms. The number of aromatic carboxylic acids is 1. The van der Waals surface area contributed by atoms with E-state index >= 15 is 0 Å². The first kappa shape index (κ1) is 12.3. The van der Waals surface area contributed by atoms with Gasteiger partial charge in [0.25, 0.3) is 0 Å². The first-order valence-corrected chi connectivity index (χ1v) is 4.95. The Hall–Kier alpha value is -2.15. The Balaban J connectivity index is 2.66. The number of nitrogens with zero attached hydrogens (tertiary/aromatic N) is 1. The minimum Gasteiger partial charge on any atom is -0.504 e. The van der Waals surface area contributed by atoms with Gasteiger partial charge in [-0.05, 0) is 12.1 Å². The molecule has 2 aromatic rings. The highest BCUT2D eigenvalue weighted by atomic mass is 35.5. The maximum absolute atomic E-state index is 13.7. The lowest BCUT2D eigenvalue weighted by molar-refractivity contribution is 0.0690. The standard InChI is InChI=1S/C10H5ClF2N2O3/c11-3-1-4(12)9(16)7(8(3)13)5-2-6(10(17)18)15-14-5/h1-2,16H,(H,14,15)(H,17,18). The van der Waals surface area contributed by atoms with Crippen molar-refractivity contribution in [2.75, 3.05) is 0 Å². The fraction of sp³-hybridized carbons (Fsp3) is 0. The van der Waals surface area contributed by atoms with Crippen molar-refractivity contribution in [3.63, 3.8) is 0 Å². The van der Waals surface area contributed by atoms with Crippen LogP contribution in [-0.2, 0) is 0 Å². The highest BCUT2D eigenvalue weighted by molar-refractivity contribution is 6.31. The van der Waals surface area contributed by atoms with Crippen LogP contribution in [0, 0.1) is 11.6 Å². The van der Waals surface area contributed by atoms with Gasteiger partial charge < -0.3 is 10.2 Å². The molecule has 2 rings (SSSR count). The van der Waals surface area contributed by atoms with E-state index in [0.29, 0.717) is 6.07 Å². The van der Waals surface area contributed by atoms with Crippen LogP contribution in [0.25, 0.3) is 11.3 Å². The molecule has 1 aromatic heterocycles. The van der Waals surface area contributed by atoms with Crippen LogP contribution in [0.5, 0.6) is 5.75 Å². The van der Waals surface area contributed by atoms with Gasteiger partial charge in [0.05, 0.1) is 16.3 Å². The largest absolute Gasteiger partial charge is 0.504 e. The molecular weight excluding hydrogens is 270 g/mol. The molecule has 3 N–H and O–H groups in total. The summed E-state index contributed by atoms with van der Waals surface area (Å²) in [5.74, 6) is -4.52. The summed E-state index contributed by atoms with van der Waals surface area (Å²) in [7, 11) is 0. The number of halogens is 3. The van der Waals surface area contributed by atoms with Gasteiger partial charge in [-0.25, -0.2) is 13.6 Å². The van der Waals surface area contributed by atoms with E-state index in [-0.39, 0.29) is 11.4 Å². The van der Waals surface area contributed by atoms with E-state index in [0.717, 1.165) is 6.07 Å². The molecule has 5 nitrogen and oxygen atoms in total. The minimum atomic E-state index is -1.32. The Morgan fingerprint density at radius 1 is 1.39 bits per heavy atom. The topological polar surface area (TPSA) is 86.2 Å². The molecule has 1 aromatic carbocycles. The second-order valence-corrected chi connectivity index (χ2v) is 3.76. The van der Waals surface area contributed by atoms with Gasteiger partial charge in [-0.3, -0.25) is 5.10 Å². The summed E-state index contributed by atoms with van der Waals surface area (Å²) in [5.41, 5.74) is -1.18. The van der Waals surface area contributed by atoms with Gasteiger partial charge in [-0.15, -0.1) is 0 Å². The second-order valence-electron chi connectivity index (χ2n) is 3.35. The van der Waals surface area contributed by atoms with Crippen LogP contribution < -0.4 is 0 Å². The molecule has 94 valence electrons. The number of carbonyl (C=O) groups is 1. The normalized spacial score (nSPS) is 10.6. The number of aromatic nitrogens is 2. The lowest BCUT2D eigenvalue weighted by Gasteiger charge is -2.05. The van der Waals surface area contributed by atoms with Crippen LogP contribution >= 0.6 is 11.6 Å². The molecule has 0 bridgehead atoms. The van der Waals surface area contributed by atoms with Crippen LogP contribution in [0.2, 0.25) is 5.02 Å². The van der Waals surface area contributed by atoms with E-state index in [1.54, 1.807) is 0 Å². The third kappa shape index (κ3) is 1.88. The van der Waals surface area contributed by atoms with Crippen molar-refractivity contribution < 1.29 is 23.8 Å². The first-order chi connectivity index (χ1) is 8.41. The second kappa shape index (κ2) is 4.26. The lowest BCUT2D eigenvalue weighted by atomic mass is 10.1. The van der Waals surface area contributed by atoms with Crippen LogP contribution in [0.1, 0.15) is 10.5 Å². The van der Waals surface area contributed by atoms with Crippen molar-refractivity contribution in [3.8, 4) is 17.0 Å². The highest BCUT2D eigenvalue weighted by Crippen LogP contribution is 2.36. The van der Waals surface area contributed by atoms with E-state index in [1.807, 2.05) is 0 Å². The maximum Gasteiger partial charge on any atom is 0.353 e. The number of carboxylic acid groups (broad SMARTS) is 1. The molecule has 18 heavy (non-hydrogen) atoms. The van der Waals surface area contributed by atoms with Gasteiger partial charge in [0.15, 0.2) is 17.4 Å². The Kier molecular flexibility index (Phi) is 2.92. The zero-order chi connectivity index (χ0) is 13.4. The minimum absolute atomic E-state index is 0.260. The fourth-order valence-corrected chi connectivity index (χ4v) is 1.57. The third-order valence-electron chi connectivity index (χ3n) is 2.21. The van der Waals surface area contributed by atoms with Crippen LogP contribution in [0.4, 0.5) is 8.78 Å². The molecule has 0 saturated carbocycles. The molecular formula is C10H5ClF2N2O3. The van der Waals surface area contributed by atoms with Gasteiger partial charge in [0.2, 0.25) is 0 Å². The van der Waals surface area contributed by atoms with Gasteiger partial charge in [0.1, 0.15) is 5.69 Å². The molecule has 1 heterocycles. The monoisotopic (exact) mass is 274 g/mol. The number of aromatic hydroxyl groups is 1. The average molecular weight is 275 g/mol. The van der Waals surface area contributed by atoms with Crippen molar-refractivity contribution >= 4 is 17.6 Å². The quantitative estimate of drug-likeness (QED) is 0.734. The SMILES string of the molecule is O=C(O)c1cc(-c2c(O)c(F)cc(Cl)c2F)n[nH]1. The van der Waals surface area contributed by atoms with Crippen LogP contribution in [0.3, 0.4) is 0 Å². The zero-order valence-electron chi connectivity index (χ0n) is 8.54. The van der Waals surface area contributed by atoms with Crippen molar-refractivity contribution in [2.24, 2.45) is 0 Å². The molecule has 0 amide bonds. The highest BCUT2D eigenvalue weighted by Gasteiger charge is 2.21. The number of H-pyrrole nitrogens is 1. The Labute approximate surface area is 104 Å². The smallest absolute Gasteiger partial charge is 0.353 e. The summed E-state index contributed by atoms with van der Waals surface area (Å²) >= 11 is 5.43. The molecule has 0 aliphatic rings. The Morgan fingerprint density at radius 3 is 2.61 bits per heavy atom. The molecule has 0 radical (unpaired) electrons. The van der Waals surface area contributed by atoms with Gasteiger partial charge >= 0.3 is 5.97 Å². The average Bonchev–Trinajstić information content (AvgIpc) is 2.76. The Morgan fingerprint density at radius 2 is 2.06 bits per heavy atom. The summed E-state index contributed by atoms with van der Waals surface area (Å²) in [6, 6.07) is 1.57. The molecule has 0 unspecified atom stereocenters. The predicted molar refractivity (Wildman–Crippen MR) is 57.6 cm³/mol. The number of phenolic OH excluding ortho intramolecular Hbond substituents is 1. The van der Waals surface area contributed by atoms with Gasteiger partial charge in [-0.1, -0.05) is 11.6 Å².